The van der Waals surface area contributed by atoms with Crippen LogP contribution in [0, 0.1) is 0 Å². The molecule has 1 heterocycles. The van der Waals surface area contributed by atoms with Gasteiger partial charge in [-0.15, -0.1) is 0 Å². The van der Waals surface area contributed by atoms with Gasteiger partial charge in [0.25, 0.3) is 0 Å². The van der Waals surface area contributed by atoms with Crippen molar-refractivity contribution in [3.05, 3.63) is 0 Å². The first-order valence-corrected chi connectivity index (χ1v) is 3.68. The third kappa shape index (κ3) is 2.06. The van der Waals surface area contributed by atoms with E-state index in [9.17, 15) is 9.18 Å². The lowest BCUT2D eigenvalue weighted by Gasteiger charge is -2.11. The van der Waals surface area contributed by atoms with Gasteiger partial charge in [-0.05, 0) is 25.9 Å². The van der Waals surface area contributed by atoms with Crippen LogP contribution in [0.1, 0.15) is 19.3 Å². The first-order chi connectivity index (χ1) is 4.80. The number of ketones is 1. The van der Waals surface area contributed by atoms with E-state index in [1.165, 1.54) is 0 Å². The van der Waals surface area contributed by atoms with Crippen molar-refractivity contribution in [1.82, 2.24) is 5.32 Å². The van der Waals surface area contributed by atoms with Crippen LogP contribution < -0.4 is 5.32 Å². The summed E-state index contributed by atoms with van der Waals surface area (Å²) >= 11 is 0. The van der Waals surface area contributed by atoms with Gasteiger partial charge in [0, 0.05) is 6.42 Å². The van der Waals surface area contributed by atoms with Crippen molar-refractivity contribution in [2.75, 3.05) is 13.1 Å². The fourth-order valence-corrected chi connectivity index (χ4v) is 1.06. The Morgan fingerprint density at radius 1 is 1.50 bits per heavy atom. The summed E-state index contributed by atoms with van der Waals surface area (Å²) in [6, 6.07) is 0. The van der Waals surface area contributed by atoms with E-state index < -0.39 is 6.17 Å². The summed E-state index contributed by atoms with van der Waals surface area (Å²) in [6.07, 6.45) is 0.305. The molecule has 0 aliphatic carbocycles. The van der Waals surface area contributed by atoms with Crippen molar-refractivity contribution >= 4 is 5.78 Å². The van der Waals surface area contributed by atoms with Gasteiger partial charge in [-0.2, -0.15) is 0 Å². The van der Waals surface area contributed by atoms with Crippen molar-refractivity contribution in [2.24, 2.45) is 0 Å². The molecule has 0 saturated carbocycles. The van der Waals surface area contributed by atoms with Crippen molar-refractivity contribution in [3.8, 4) is 0 Å². The molecular formula is C7H12FNO. The van der Waals surface area contributed by atoms with Crippen LogP contribution >= 0.6 is 0 Å². The van der Waals surface area contributed by atoms with E-state index in [4.69, 9.17) is 0 Å². The van der Waals surface area contributed by atoms with Crippen LogP contribution in [0.4, 0.5) is 4.39 Å². The molecule has 1 saturated heterocycles. The van der Waals surface area contributed by atoms with Gasteiger partial charge in [-0.25, -0.2) is 4.39 Å². The number of Topliss-reactive ketones (excluding diaryl/α,β-unsaturated/α-hetero) is 1. The maximum Gasteiger partial charge on any atom is 0.166 e. The third-order valence-electron chi connectivity index (χ3n) is 1.70. The summed E-state index contributed by atoms with van der Waals surface area (Å²) in [7, 11) is 0. The molecule has 58 valence electrons. The van der Waals surface area contributed by atoms with E-state index in [0.29, 0.717) is 19.4 Å². The van der Waals surface area contributed by atoms with Gasteiger partial charge < -0.3 is 5.32 Å². The Labute approximate surface area is 59.8 Å². The lowest BCUT2D eigenvalue weighted by atomic mass is 10.1. The highest BCUT2D eigenvalue weighted by atomic mass is 19.1. The fourth-order valence-electron chi connectivity index (χ4n) is 1.06. The summed E-state index contributed by atoms with van der Waals surface area (Å²) in [5.74, 6) is -0.221. The highest BCUT2D eigenvalue weighted by Crippen LogP contribution is 2.05. The monoisotopic (exact) mass is 145 g/mol. The Morgan fingerprint density at radius 3 is 3.10 bits per heavy atom. The second kappa shape index (κ2) is 3.66. The minimum atomic E-state index is -1.22. The molecule has 1 atom stereocenters. The molecule has 1 fully saturated rings. The van der Waals surface area contributed by atoms with Gasteiger partial charge in [0.15, 0.2) is 12.0 Å². The minimum Gasteiger partial charge on any atom is -0.317 e. The molecule has 0 radical (unpaired) electrons. The van der Waals surface area contributed by atoms with Crippen molar-refractivity contribution < 1.29 is 9.18 Å². The zero-order valence-electron chi connectivity index (χ0n) is 5.90. The lowest BCUT2D eigenvalue weighted by Crippen LogP contribution is -2.28. The van der Waals surface area contributed by atoms with E-state index in [2.05, 4.69) is 5.32 Å². The second-order valence-corrected chi connectivity index (χ2v) is 2.58. The third-order valence-corrected chi connectivity index (χ3v) is 1.70. The number of carbonyl (C=O) groups is 1. The quantitative estimate of drug-likeness (QED) is 0.542. The van der Waals surface area contributed by atoms with Gasteiger partial charge >= 0.3 is 0 Å². The molecule has 10 heavy (non-hydrogen) atoms. The Morgan fingerprint density at radius 2 is 2.30 bits per heavy atom. The lowest BCUT2D eigenvalue weighted by molar-refractivity contribution is -0.124. The average molecular weight is 145 g/mol. The van der Waals surface area contributed by atoms with Crippen LogP contribution in [0.2, 0.25) is 0 Å². The summed E-state index contributed by atoms with van der Waals surface area (Å²) < 4.78 is 12.6. The minimum absolute atomic E-state index is 0.221. The van der Waals surface area contributed by atoms with Crippen LogP contribution in [-0.4, -0.2) is 25.0 Å². The molecule has 0 aromatic rings. The molecular weight excluding hydrogens is 133 g/mol. The predicted molar refractivity (Wildman–Crippen MR) is 36.6 cm³/mol. The molecule has 0 amide bonds. The van der Waals surface area contributed by atoms with Crippen LogP contribution in [0.3, 0.4) is 0 Å². The molecule has 1 N–H and O–H groups in total. The fraction of sp³-hybridized carbons (Fsp3) is 0.857. The summed E-state index contributed by atoms with van der Waals surface area (Å²) in [5.41, 5.74) is 0. The zero-order chi connectivity index (χ0) is 7.40. The topological polar surface area (TPSA) is 29.1 Å². The van der Waals surface area contributed by atoms with Gasteiger partial charge in [0.05, 0.1) is 0 Å². The van der Waals surface area contributed by atoms with E-state index in [1.807, 2.05) is 0 Å². The molecule has 0 bridgehead atoms. The molecule has 1 aliphatic rings. The first kappa shape index (κ1) is 7.66. The molecule has 1 aliphatic heterocycles. The molecule has 1 unspecified atom stereocenters. The number of hydrogen-bond donors (Lipinski definition) is 1. The van der Waals surface area contributed by atoms with E-state index >= 15 is 0 Å². The average Bonchev–Trinajstić information content (AvgIpc) is 1.92. The Bertz CT molecular complexity index is 127. The molecule has 1 rings (SSSR count). The van der Waals surface area contributed by atoms with E-state index in [-0.39, 0.29) is 5.78 Å². The number of rotatable bonds is 0. The van der Waals surface area contributed by atoms with E-state index in [0.717, 1.165) is 13.0 Å². The summed E-state index contributed by atoms with van der Waals surface area (Å²) in [4.78, 5) is 10.8. The van der Waals surface area contributed by atoms with Crippen LogP contribution in [0.25, 0.3) is 0 Å². The second-order valence-electron chi connectivity index (χ2n) is 2.58. The van der Waals surface area contributed by atoms with Gasteiger partial charge in [-0.3, -0.25) is 4.79 Å². The number of carbonyl (C=O) groups excluding carboxylic acids is 1. The Balaban J connectivity index is 2.35. The van der Waals surface area contributed by atoms with Gasteiger partial charge in [0.1, 0.15) is 0 Å². The van der Waals surface area contributed by atoms with Crippen LogP contribution in [0.5, 0.6) is 0 Å². The van der Waals surface area contributed by atoms with Crippen LogP contribution in [-0.2, 0) is 4.79 Å². The Kier molecular flexibility index (Phi) is 2.81. The zero-order valence-corrected chi connectivity index (χ0v) is 5.90. The number of halogens is 1. The van der Waals surface area contributed by atoms with Crippen molar-refractivity contribution in [3.63, 3.8) is 0 Å². The SMILES string of the molecule is O=C1CCCNCCC1F. The highest BCUT2D eigenvalue weighted by Gasteiger charge is 2.17. The largest absolute Gasteiger partial charge is 0.317 e. The maximum atomic E-state index is 12.6. The standard InChI is InChI=1S/C7H12FNO/c8-6-3-5-9-4-1-2-7(6)10/h6,9H,1-5H2. The summed E-state index contributed by atoms with van der Waals surface area (Å²) in [5, 5.41) is 3.05. The summed E-state index contributed by atoms with van der Waals surface area (Å²) in [6.45, 7) is 1.48. The molecule has 0 aromatic carbocycles. The van der Waals surface area contributed by atoms with Crippen molar-refractivity contribution in [1.29, 1.82) is 0 Å². The number of nitrogens with one attached hydrogen (secondary N) is 1. The molecule has 0 spiro atoms. The van der Waals surface area contributed by atoms with Gasteiger partial charge in [0.2, 0.25) is 0 Å². The number of hydrogen-bond acceptors (Lipinski definition) is 2. The Hall–Kier alpha value is -0.440. The first-order valence-electron chi connectivity index (χ1n) is 3.68. The van der Waals surface area contributed by atoms with Gasteiger partial charge in [-0.1, -0.05) is 0 Å². The molecule has 3 heteroatoms. The maximum absolute atomic E-state index is 12.6. The normalized spacial score (nSPS) is 29.3. The molecule has 0 aromatic heterocycles. The van der Waals surface area contributed by atoms with Crippen molar-refractivity contribution in [2.45, 2.75) is 25.4 Å². The highest BCUT2D eigenvalue weighted by molar-refractivity contribution is 5.82. The van der Waals surface area contributed by atoms with Crippen LogP contribution in [0.15, 0.2) is 0 Å². The van der Waals surface area contributed by atoms with E-state index in [1.54, 1.807) is 0 Å². The predicted octanol–water partition coefficient (Wildman–Crippen LogP) is 0.667. The number of alkyl halides is 1. The smallest absolute Gasteiger partial charge is 0.166 e. The molecule has 2 nitrogen and oxygen atoms in total.